The van der Waals surface area contributed by atoms with Crippen LogP contribution in [0, 0.1) is 12.8 Å². The highest BCUT2D eigenvalue weighted by atomic mass is 35.5. The summed E-state index contributed by atoms with van der Waals surface area (Å²) in [4.78, 5) is 41.8. The third-order valence-corrected chi connectivity index (χ3v) is 5.77. The molecule has 3 amide bonds. The topological polar surface area (TPSA) is 87.7 Å². The fourth-order valence-corrected chi connectivity index (χ4v) is 4.16. The standard InChI is InChI=1S/C29H38ClN3O4/c1-8-17-33(27(35)23(18-19(2)3)31-28(36)37-29(5,6)7)25(21-14-10-9-11-15-21)26(34)32-24-20(4)13-12-16-22(24)30/h8-16,19,23,25H,1,17-18H2,2-7H3,(H,31,36)(H,32,34). The summed E-state index contributed by atoms with van der Waals surface area (Å²) in [5.41, 5.74) is 1.15. The van der Waals surface area contributed by atoms with Crippen LogP contribution < -0.4 is 10.6 Å². The van der Waals surface area contributed by atoms with Crippen LogP contribution in [0.5, 0.6) is 0 Å². The van der Waals surface area contributed by atoms with Gasteiger partial charge in [-0.2, -0.15) is 0 Å². The Hall–Kier alpha value is -3.32. The number of anilines is 1. The van der Waals surface area contributed by atoms with Crippen LogP contribution in [-0.2, 0) is 14.3 Å². The van der Waals surface area contributed by atoms with Gasteiger partial charge in [-0.25, -0.2) is 4.79 Å². The maximum Gasteiger partial charge on any atom is 0.408 e. The van der Waals surface area contributed by atoms with E-state index >= 15 is 0 Å². The molecule has 2 rings (SSSR count). The van der Waals surface area contributed by atoms with Crippen LogP contribution in [-0.4, -0.2) is 41.0 Å². The number of nitrogens with one attached hydrogen (secondary N) is 2. The van der Waals surface area contributed by atoms with Crippen molar-refractivity contribution in [3.63, 3.8) is 0 Å². The van der Waals surface area contributed by atoms with E-state index in [1.165, 1.54) is 4.90 Å². The number of hydrogen-bond acceptors (Lipinski definition) is 4. The first-order chi connectivity index (χ1) is 17.3. The SMILES string of the molecule is C=CCN(C(=O)C(CC(C)C)NC(=O)OC(C)(C)C)C(C(=O)Nc1c(C)cccc1Cl)c1ccccc1. The van der Waals surface area contributed by atoms with Crippen LogP contribution in [0.4, 0.5) is 10.5 Å². The summed E-state index contributed by atoms with van der Waals surface area (Å²) in [7, 11) is 0. The lowest BCUT2D eigenvalue weighted by Gasteiger charge is -2.34. The Kier molecular flexibility index (Phi) is 10.7. The van der Waals surface area contributed by atoms with E-state index in [4.69, 9.17) is 16.3 Å². The zero-order chi connectivity index (χ0) is 27.8. The molecule has 0 bridgehead atoms. The molecular formula is C29H38ClN3O4. The van der Waals surface area contributed by atoms with Gasteiger partial charge in [-0.1, -0.05) is 74.0 Å². The second kappa shape index (κ2) is 13.3. The van der Waals surface area contributed by atoms with Gasteiger partial charge in [0, 0.05) is 6.54 Å². The summed E-state index contributed by atoms with van der Waals surface area (Å²) < 4.78 is 5.40. The second-order valence-corrected chi connectivity index (χ2v) is 10.7. The molecule has 0 aromatic heterocycles. The number of para-hydroxylation sites is 1. The van der Waals surface area contributed by atoms with Crippen LogP contribution in [0.2, 0.25) is 5.02 Å². The Balaban J connectivity index is 2.50. The van der Waals surface area contributed by atoms with Crippen molar-refractivity contribution in [2.24, 2.45) is 5.92 Å². The van der Waals surface area contributed by atoms with Crippen molar-refractivity contribution in [2.45, 2.75) is 65.6 Å². The number of ether oxygens (including phenoxy) is 1. The van der Waals surface area contributed by atoms with Crippen molar-refractivity contribution in [1.29, 1.82) is 0 Å². The first-order valence-corrected chi connectivity index (χ1v) is 12.7. The van der Waals surface area contributed by atoms with Gasteiger partial charge < -0.3 is 20.3 Å². The molecule has 2 N–H and O–H groups in total. The Bertz CT molecular complexity index is 1080. The zero-order valence-corrected chi connectivity index (χ0v) is 23.3. The molecule has 0 fully saturated rings. The molecule has 0 radical (unpaired) electrons. The average molecular weight is 528 g/mol. The first-order valence-electron chi connectivity index (χ1n) is 12.4. The van der Waals surface area contributed by atoms with E-state index < -0.39 is 35.6 Å². The number of amides is 3. The van der Waals surface area contributed by atoms with Crippen LogP contribution in [0.1, 0.15) is 58.2 Å². The van der Waals surface area contributed by atoms with E-state index in [1.54, 1.807) is 63.2 Å². The maximum atomic E-state index is 14.0. The van der Waals surface area contributed by atoms with Crippen LogP contribution in [0.3, 0.4) is 0 Å². The third kappa shape index (κ3) is 8.93. The lowest BCUT2D eigenvalue weighted by molar-refractivity contribution is -0.140. The quantitative estimate of drug-likeness (QED) is 0.356. The Morgan fingerprint density at radius 3 is 2.27 bits per heavy atom. The maximum absolute atomic E-state index is 14.0. The number of nitrogens with zero attached hydrogens (tertiary/aromatic N) is 1. The molecule has 200 valence electrons. The lowest BCUT2D eigenvalue weighted by Crippen LogP contribution is -2.52. The Labute approximate surface area is 225 Å². The van der Waals surface area contributed by atoms with Crippen molar-refractivity contribution in [3.8, 4) is 0 Å². The van der Waals surface area contributed by atoms with Gasteiger partial charge in [0.1, 0.15) is 17.7 Å². The van der Waals surface area contributed by atoms with Gasteiger partial charge in [-0.3, -0.25) is 9.59 Å². The van der Waals surface area contributed by atoms with E-state index in [-0.39, 0.29) is 12.5 Å². The number of aryl methyl sites for hydroxylation is 1. The predicted molar refractivity (Wildman–Crippen MR) is 149 cm³/mol. The Morgan fingerprint density at radius 1 is 1.08 bits per heavy atom. The molecule has 0 saturated heterocycles. The van der Waals surface area contributed by atoms with Gasteiger partial charge >= 0.3 is 6.09 Å². The van der Waals surface area contributed by atoms with Gasteiger partial charge in [0.15, 0.2) is 0 Å². The summed E-state index contributed by atoms with van der Waals surface area (Å²) in [5, 5.41) is 6.02. The minimum absolute atomic E-state index is 0.0813. The monoisotopic (exact) mass is 527 g/mol. The Morgan fingerprint density at radius 2 is 1.73 bits per heavy atom. The number of hydrogen-bond donors (Lipinski definition) is 2. The number of carbonyl (C=O) groups is 3. The molecule has 2 aromatic rings. The largest absolute Gasteiger partial charge is 0.444 e. The minimum atomic E-state index is -1.00. The second-order valence-electron chi connectivity index (χ2n) is 10.3. The number of halogens is 1. The van der Waals surface area contributed by atoms with E-state index in [1.807, 2.05) is 32.9 Å². The van der Waals surface area contributed by atoms with Crippen molar-refractivity contribution in [2.75, 3.05) is 11.9 Å². The van der Waals surface area contributed by atoms with Crippen LogP contribution >= 0.6 is 11.6 Å². The van der Waals surface area contributed by atoms with Crippen LogP contribution in [0.15, 0.2) is 61.2 Å². The molecule has 0 aliphatic carbocycles. The predicted octanol–water partition coefficient (Wildman–Crippen LogP) is 6.28. The zero-order valence-electron chi connectivity index (χ0n) is 22.5. The summed E-state index contributed by atoms with van der Waals surface area (Å²) >= 11 is 6.37. The first kappa shape index (κ1) is 29.9. The molecule has 7 nitrogen and oxygen atoms in total. The van der Waals surface area contributed by atoms with Gasteiger partial charge in [-0.05, 0) is 57.2 Å². The fourth-order valence-electron chi connectivity index (χ4n) is 3.89. The summed E-state index contributed by atoms with van der Waals surface area (Å²) in [6.45, 7) is 14.9. The average Bonchev–Trinajstić information content (AvgIpc) is 2.79. The normalized spacial score (nSPS) is 12.9. The van der Waals surface area contributed by atoms with Crippen molar-refractivity contribution in [3.05, 3.63) is 77.3 Å². The number of carbonyl (C=O) groups excluding carboxylic acids is 3. The van der Waals surface area contributed by atoms with E-state index in [2.05, 4.69) is 17.2 Å². The lowest BCUT2D eigenvalue weighted by atomic mass is 9.99. The molecule has 0 heterocycles. The van der Waals surface area contributed by atoms with E-state index in [9.17, 15) is 14.4 Å². The molecule has 0 spiro atoms. The van der Waals surface area contributed by atoms with E-state index in [0.717, 1.165) is 5.56 Å². The highest BCUT2D eigenvalue weighted by molar-refractivity contribution is 6.34. The molecule has 37 heavy (non-hydrogen) atoms. The summed E-state index contributed by atoms with van der Waals surface area (Å²) in [5.74, 6) is -0.762. The smallest absolute Gasteiger partial charge is 0.408 e. The van der Waals surface area contributed by atoms with E-state index in [0.29, 0.717) is 22.7 Å². The molecule has 0 aliphatic rings. The fraction of sp³-hybridized carbons (Fsp3) is 0.414. The third-order valence-electron chi connectivity index (χ3n) is 5.45. The van der Waals surface area contributed by atoms with Gasteiger partial charge in [0.05, 0.1) is 10.7 Å². The number of alkyl carbamates (subject to hydrolysis) is 1. The summed E-state index contributed by atoms with van der Waals surface area (Å²) in [6.07, 6.45) is 1.22. The number of benzene rings is 2. The molecule has 2 aromatic carbocycles. The highest BCUT2D eigenvalue weighted by Gasteiger charge is 2.36. The van der Waals surface area contributed by atoms with Gasteiger partial charge in [-0.15, -0.1) is 6.58 Å². The number of rotatable bonds is 10. The van der Waals surface area contributed by atoms with Crippen molar-refractivity contribution >= 4 is 35.2 Å². The summed E-state index contributed by atoms with van der Waals surface area (Å²) in [6, 6.07) is 12.4. The van der Waals surface area contributed by atoms with Crippen LogP contribution in [0.25, 0.3) is 0 Å². The van der Waals surface area contributed by atoms with Crippen molar-refractivity contribution in [1.82, 2.24) is 10.2 Å². The van der Waals surface area contributed by atoms with Crippen molar-refractivity contribution < 1.29 is 19.1 Å². The molecule has 8 heteroatoms. The molecule has 0 saturated carbocycles. The molecular weight excluding hydrogens is 490 g/mol. The van der Waals surface area contributed by atoms with Gasteiger partial charge in [0.25, 0.3) is 5.91 Å². The minimum Gasteiger partial charge on any atom is -0.444 e. The molecule has 0 aliphatic heterocycles. The molecule has 2 unspecified atom stereocenters. The highest BCUT2D eigenvalue weighted by Crippen LogP contribution is 2.29. The van der Waals surface area contributed by atoms with Gasteiger partial charge in [0.2, 0.25) is 5.91 Å². The molecule has 2 atom stereocenters.